The van der Waals surface area contributed by atoms with Crippen LogP contribution in [0.25, 0.3) is 6.08 Å². The molecular formula is C24H17Br2FN2O2. The monoisotopic (exact) mass is 542 g/mol. The van der Waals surface area contributed by atoms with Gasteiger partial charge < -0.3 is 10.1 Å². The third-order valence-corrected chi connectivity index (χ3v) is 5.60. The summed E-state index contributed by atoms with van der Waals surface area (Å²) in [5, 5.41) is 12.2. The second-order valence-corrected chi connectivity index (χ2v) is 8.34. The number of carbonyl (C=O) groups excluding carboxylic acids is 1. The third kappa shape index (κ3) is 5.81. The van der Waals surface area contributed by atoms with Crippen LogP contribution in [0.5, 0.6) is 5.75 Å². The Labute approximate surface area is 196 Å². The first-order valence-corrected chi connectivity index (χ1v) is 10.8. The van der Waals surface area contributed by atoms with Crippen LogP contribution < -0.4 is 10.1 Å². The second-order valence-electron chi connectivity index (χ2n) is 6.63. The fourth-order valence-corrected chi connectivity index (χ4v) is 4.23. The summed E-state index contributed by atoms with van der Waals surface area (Å²) in [6, 6.07) is 19.1. The van der Waals surface area contributed by atoms with E-state index in [9.17, 15) is 14.4 Å². The van der Waals surface area contributed by atoms with Crippen molar-refractivity contribution in [1.29, 1.82) is 5.26 Å². The van der Waals surface area contributed by atoms with Gasteiger partial charge in [0.2, 0.25) is 0 Å². The lowest BCUT2D eigenvalue weighted by Crippen LogP contribution is -2.14. The molecule has 4 nitrogen and oxygen atoms in total. The second kappa shape index (κ2) is 10.4. The van der Waals surface area contributed by atoms with Crippen molar-refractivity contribution in [2.45, 2.75) is 13.5 Å². The highest BCUT2D eigenvalue weighted by Gasteiger charge is 2.14. The van der Waals surface area contributed by atoms with Gasteiger partial charge in [0.1, 0.15) is 29.8 Å². The van der Waals surface area contributed by atoms with Crippen molar-refractivity contribution in [3.63, 3.8) is 0 Å². The summed E-state index contributed by atoms with van der Waals surface area (Å²) in [4.78, 5) is 12.5. The summed E-state index contributed by atoms with van der Waals surface area (Å²) in [7, 11) is 0. The number of amides is 1. The first-order chi connectivity index (χ1) is 14.9. The molecule has 0 fully saturated rings. The number of hydrogen-bond donors (Lipinski definition) is 1. The molecule has 0 bridgehead atoms. The molecule has 31 heavy (non-hydrogen) atoms. The molecule has 0 saturated carbocycles. The minimum absolute atomic E-state index is 0.0397. The van der Waals surface area contributed by atoms with Gasteiger partial charge >= 0.3 is 0 Å². The lowest BCUT2D eigenvalue weighted by Gasteiger charge is -2.12. The number of rotatable bonds is 6. The minimum Gasteiger partial charge on any atom is -0.486 e. The van der Waals surface area contributed by atoms with Crippen LogP contribution in [0.4, 0.5) is 10.1 Å². The molecule has 1 N–H and O–H groups in total. The summed E-state index contributed by atoms with van der Waals surface area (Å²) in [5.74, 6) is -0.347. The number of halogens is 3. The lowest BCUT2D eigenvalue weighted by atomic mass is 10.1. The first kappa shape index (κ1) is 22.7. The molecule has 0 aliphatic carbocycles. The molecule has 3 aromatic rings. The topological polar surface area (TPSA) is 62.1 Å². The number of hydrogen-bond acceptors (Lipinski definition) is 3. The van der Waals surface area contributed by atoms with Crippen LogP contribution >= 0.6 is 31.9 Å². The smallest absolute Gasteiger partial charge is 0.266 e. The first-order valence-electron chi connectivity index (χ1n) is 9.23. The molecule has 0 radical (unpaired) electrons. The van der Waals surface area contributed by atoms with Gasteiger partial charge in [-0.2, -0.15) is 5.26 Å². The Balaban J connectivity index is 1.80. The van der Waals surface area contributed by atoms with E-state index < -0.39 is 5.91 Å². The van der Waals surface area contributed by atoms with E-state index in [2.05, 4.69) is 37.2 Å². The minimum atomic E-state index is -0.496. The number of nitrogens with zero attached hydrogens (tertiary/aromatic N) is 1. The van der Waals surface area contributed by atoms with Crippen molar-refractivity contribution >= 4 is 49.5 Å². The Morgan fingerprint density at radius 3 is 2.42 bits per heavy atom. The number of aryl methyl sites for hydroxylation is 1. The van der Waals surface area contributed by atoms with E-state index in [-0.39, 0.29) is 18.0 Å². The van der Waals surface area contributed by atoms with Gasteiger partial charge in [-0.1, -0.05) is 36.4 Å². The molecule has 0 aliphatic rings. The van der Waals surface area contributed by atoms with Crippen molar-refractivity contribution in [2.75, 3.05) is 5.32 Å². The van der Waals surface area contributed by atoms with Gasteiger partial charge in [-0.05, 0) is 80.3 Å². The van der Waals surface area contributed by atoms with Crippen LogP contribution in [0.2, 0.25) is 0 Å². The highest BCUT2D eigenvalue weighted by molar-refractivity contribution is 9.11. The molecule has 0 unspecified atom stereocenters. The molecule has 7 heteroatoms. The number of para-hydroxylation sites is 1. The standard InChI is InChI=1S/C24H17Br2FN2O2/c1-15-6-2-5-9-22(15)29-24(30)18(13-28)10-16-11-19(25)23(20(26)12-16)31-14-17-7-3-4-8-21(17)27/h2-12H,14H2,1H3,(H,29,30)/b18-10-. The van der Waals surface area contributed by atoms with Crippen LogP contribution in [0.1, 0.15) is 16.7 Å². The maximum absolute atomic E-state index is 13.8. The molecule has 0 spiro atoms. The number of benzene rings is 3. The maximum atomic E-state index is 13.8. The molecular weight excluding hydrogens is 527 g/mol. The molecule has 1 amide bonds. The molecule has 0 saturated heterocycles. The highest BCUT2D eigenvalue weighted by atomic mass is 79.9. The predicted octanol–water partition coefficient (Wildman–Crippen LogP) is 6.78. The van der Waals surface area contributed by atoms with Gasteiger partial charge in [0, 0.05) is 11.3 Å². The van der Waals surface area contributed by atoms with Crippen LogP contribution in [-0.4, -0.2) is 5.91 Å². The van der Waals surface area contributed by atoms with E-state index in [4.69, 9.17) is 4.74 Å². The van der Waals surface area contributed by atoms with E-state index in [1.54, 1.807) is 36.4 Å². The molecule has 0 heterocycles. The van der Waals surface area contributed by atoms with E-state index in [0.29, 0.717) is 31.5 Å². The summed E-state index contributed by atoms with van der Waals surface area (Å²) < 4.78 is 20.8. The molecule has 0 atom stereocenters. The average Bonchev–Trinajstić information content (AvgIpc) is 2.74. The Kier molecular flexibility index (Phi) is 7.61. The lowest BCUT2D eigenvalue weighted by molar-refractivity contribution is -0.112. The maximum Gasteiger partial charge on any atom is 0.266 e. The fourth-order valence-electron chi connectivity index (χ4n) is 2.78. The van der Waals surface area contributed by atoms with Gasteiger partial charge in [0.15, 0.2) is 0 Å². The quantitative estimate of drug-likeness (QED) is 0.275. The zero-order valence-corrected chi connectivity index (χ0v) is 19.6. The normalized spacial score (nSPS) is 11.0. The number of ether oxygens (including phenoxy) is 1. The van der Waals surface area contributed by atoms with Crippen LogP contribution in [-0.2, 0) is 11.4 Å². The SMILES string of the molecule is Cc1ccccc1NC(=O)/C(C#N)=C\c1cc(Br)c(OCc2ccccc2F)c(Br)c1. The van der Waals surface area contributed by atoms with Crippen LogP contribution in [0, 0.1) is 24.1 Å². The average molecular weight is 544 g/mol. The largest absolute Gasteiger partial charge is 0.486 e. The summed E-state index contributed by atoms with van der Waals surface area (Å²) in [6.07, 6.45) is 1.49. The molecule has 3 rings (SSSR count). The zero-order valence-electron chi connectivity index (χ0n) is 16.5. The van der Waals surface area contributed by atoms with Gasteiger partial charge in [0.05, 0.1) is 8.95 Å². The molecule has 3 aromatic carbocycles. The summed E-state index contributed by atoms with van der Waals surface area (Å²) in [5.41, 5.74) is 2.56. The van der Waals surface area contributed by atoms with Gasteiger partial charge in [0.25, 0.3) is 5.91 Å². The summed E-state index contributed by atoms with van der Waals surface area (Å²) >= 11 is 6.88. The number of carbonyl (C=O) groups is 1. The van der Waals surface area contributed by atoms with Crippen molar-refractivity contribution in [1.82, 2.24) is 0 Å². The Morgan fingerprint density at radius 1 is 1.13 bits per heavy atom. The van der Waals surface area contributed by atoms with E-state index in [0.717, 1.165) is 5.56 Å². The molecule has 0 aliphatic heterocycles. The number of anilines is 1. The van der Waals surface area contributed by atoms with Gasteiger partial charge in [-0.15, -0.1) is 0 Å². The van der Waals surface area contributed by atoms with Crippen molar-refractivity contribution in [3.05, 3.63) is 97.7 Å². The Bertz CT molecular complexity index is 1180. The van der Waals surface area contributed by atoms with E-state index in [1.165, 1.54) is 12.1 Å². The van der Waals surface area contributed by atoms with Crippen LogP contribution in [0.15, 0.2) is 75.2 Å². The third-order valence-electron chi connectivity index (χ3n) is 4.42. The number of nitriles is 1. The van der Waals surface area contributed by atoms with E-state index >= 15 is 0 Å². The number of nitrogens with one attached hydrogen (secondary N) is 1. The van der Waals surface area contributed by atoms with Gasteiger partial charge in [-0.3, -0.25) is 4.79 Å². The Morgan fingerprint density at radius 2 is 1.77 bits per heavy atom. The summed E-state index contributed by atoms with van der Waals surface area (Å²) in [6.45, 7) is 1.93. The predicted molar refractivity (Wildman–Crippen MR) is 126 cm³/mol. The van der Waals surface area contributed by atoms with Crippen LogP contribution in [0.3, 0.4) is 0 Å². The van der Waals surface area contributed by atoms with Crippen molar-refractivity contribution in [3.8, 4) is 11.8 Å². The molecule has 156 valence electrons. The Hall–Kier alpha value is -2.95. The molecule has 0 aromatic heterocycles. The van der Waals surface area contributed by atoms with Gasteiger partial charge in [-0.25, -0.2) is 4.39 Å². The van der Waals surface area contributed by atoms with Crippen molar-refractivity contribution < 1.29 is 13.9 Å². The van der Waals surface area contributed by atoms with E-state index in [1.807, 2.05) is 31.2 Å². The fraction of sp³-hybridized carbons (Fsp3) is 0.0833. The van der Waals surface area contributed by atoms with Crippen molar-refractivity contribution in [2.24, 2.45) is 0 Å². The highest BCUT2D eigenvalue weighted by Crippen LogP contribution is 2.36. The zero-order chi connectivity index (χ0) is 22.4.